The number of nitrogens with one attached hydrogen (secondary N) is 2. The van der Waals surface area contributed by atoms with Crippen molar-refractivity contribution in [2.75, 3.05) is 0 Å². The van der Waals surface area contributed by atoms with Crippen LogP contribution in [0.25, 0.3) is 6.08 Å². The third-order valence-corrected chi connectivity index (χ3v) is 3.88. The molecule has 1 heterocycles. The summed E-state index contributed by atoms with van der Waals surface area (Å²) in [4.78, 5) is 36.1. The number of furan rings is 1. The van der Waals surface area contributed by atoms with Gasteiger partial charge in [-0.25, -0.2) is 0 Å². The Bertz CT molecular complexity index is 841. The number of hydrogen-bond donors (Lipinski definition) is 2. The van der Waals surface area contributed by atoms with E-state index in [1.807, 2.05) is 0 Å². The third-order valence-electron chi connectivity index (χ3n) is 3.63. The van der Waals surface area contributed by atoms with Gasteiger partial charge in [0, 0.05) is 5.02 Å². The van der Waals surface area contributed by atoms with Crippen molar-refractivity contribution >= 4 is 35.5 Å². The molecule has 1 aromatic carbocycles. The lowest BCUT2D eigenvalue weighted by Gasteiger charge is -2.24. The van der Waals surface area contributed by atoms with Crippen LogP contribution in [0.1, 0.15) is 30.0 Å². The molecule has 2 amide bonds. The fourth-order valence-corrected chi connectivity index (χ4v) is 2.32. The first-order chi connectivity index (χ1) is 12.8. The molecule has 0 saturated heterocycles. The highest BCUT2D eigenvalue weighted by atomic mass is 35.5. The molecular weight excluding hydrogens is 372 g/mol. The molecule has 0 saturated carbocycles. The normalized spacial score (nSPS) is 12.5. The van der Waals surface area contributed by atoms with Crippen molar-refractivity contribution in [2.24, 2.45) is 5.92 Å². The minimum atomic E-state index is -1.42. The van der Waals surface area contributed by atoms with Crippen LogP contribution in [0.5, 0.6) is 0 Å². The highest BCUT2D eigenvalue weighted by Gasteiger charge is 2.22. The van der Waals surface area contributed by atoms with E-state index in [0.717, 1.165) is 0 Å². The highest BCUT2D eigenvalue weighted by Crippen LogP contribution is 2.13. The fraction of sp³-hybridized carbons (Fsp3) is 0.211. The van der Waals surface area contributed by atoms with E-state index < -0.39 is 29.7 Å². The lowest BCUT2D eigenvalue weighted by atomic mass is 10.0. The van der Waals surface area contributed by atoms with E-state index in [-0.39, 0.29) is 11.5 Å². The molecule has 8 heteroatoms. The molecule has 0 radical (unpaired) electrons. The van der Waals surface area contributed by atoms with Crippen LogP contribution in [0.3, 0.4) is 0 Å². The van der Waals surface area contributed by atoms with Gasteiger partial charge in [0.2, 0.25) is 0 Å². The van der Waals surface area contributed by atoms with E-state index in [1.54, 1.807) is 38.1 Å². The van der Waals surface area contributed by atoms with Crippen molar-refractivity contribution in [1.82, 2.24) is 10.6 Å². The van der Waals surface area contributed by atoms with Crippen LogP contribution in [0, 0.1) is 5.92 Å². The van der Waals surface area contributed by atoms with E-state index in [0.29, 0.717) is 10.6 Å². The standard InChI is InChI=1S/C19H19ClN2O5/c1-11(2)16(19(25)26)22-17(23)14(10-12-5-7-13(20)8-6-12)21-18(24)15-4-3-9-27-15/h3-11,16H,1-2H3,(H,21,24)(H,22,23)(H,25,26)/p-1/b14-10+/t16-/m0/s1. The molecule has 27 heavy (non-hydrogen) atoms. The minimum Gasteiger partial charge on any atom is -0.548 e. The summed E-state index contributed by atoms with van der Waals surface area (Å²) in [6.45, 7) is 3.26. The molecule has 0 fully saturated rings. The zero-order valence-corrected chi connectivity index (χ0v) is 15.4. The quantitative estimate of drug-likeness (QED) is 0.698. The van der Waals surface area contributed by atoms with Gasteiger partial charge in [-0.3, -0.25) is 9.59 Å². The molecule has 7 nitrogen and oxygen atoms in total. The van der Waals surface area contributed by atoms with E-state index in [1.165, 1.54) is 24.5 Å². The Morgan fingerprint density at radius 2 is 1.81 bits per heavy atom. The van der Waals surface area contributed by atoms with Crippen LogP contribution in [-0.2, 0) is 9.59 Å². The molecule has 2 aromatic rings. The molecular formula is C19H18ClN2O5-. The number of carbonyl (C=O) groups excluding carboxylic acids is 3. The van der Waals surface area contributed by atoms with Crippen LogP contribution < -0.4 is 15.7 Å². The fourth-order valence-electron chi connectivity index (χ4n) is 2.19. The van der Waals surface area contributed by atoms with Gasteiger partial charge in [0.15, 0.2) is 5.76 Å². The first-order valence-corrected chi connectivity index (χ1v) is 8.49. The maximum absolute atomic E-state index is 12.6. The molecule has 0 spiro atoms. The largest absolute Gasteiger partial charge is 0.548 e. The van der Waals surface area contributed by atoms with Crippen LogP contribution in [0.2, 0.25) is 5.02 Å². The summed E-state index contributed by atoms with van der Waals surface area (Å²) in [5.41, 5.74) is 0.435. The Morgan fingerprint density at radius 3 is 2.33 bits per heavy atom. The maximum Gasteiger partial charge on any atom is 0.291 e. The Hall–Kier alpha value is -3.06. The summed E-state index contributed by atoms with van der Waals surface area (Å²) in [5, 5.41) is 16.5. The zero-order valence-electron chi connectivity index (χ0n) is 14.7. The second-order valence-electron chi connectivity index (χ2n) is 6.06. The van der Waals surface area contributed by atoms with Crippen molar-refractivity contribution in [3.63, 3.8) is 0 Å². The van der Waals surface area contributed by atoms with E-state index in [2.05, 4.69) is 10.6 Å². The first kappa shape index (κ1) is 20.3. The number of aliphatic carboxylic acids is 1. The lowest BCUT2D eigenvalue weighted by Crippen LogP contribution is -2.52. The Balaban J connectivity index is 2.30. The number of halogens is 1. The van der Waals surface area contributed by atoms with Gasteiger partial charge < -0.3 is 25.0 Å². The Kier molecular flexibility index (Phi) is 6.79. The smallest absolute Gasteiger partial charge is 0.291 e. The highest BCUT2D eigenvalue weighted by molar-refractivity contribution is 6.30. The number of benzene rings is 1. The number of carbonyl (C=O) groups is 3. The third kappa shape index (κ3) is 5.72. The molecule has 1 atom stereocenters. The molecule has 0 aliphatic carbocycles. The van der Waals surface area contributed by atoms with E-state index in [9.17, 15) is 19.5 Å². The number of amides is 2. The summed E-state index contributed by atoms with van der Waals surface area (Å²) < 4.78 is 5.01. The van der Waals surface area contributed by atoms with Gasteiger partial charge in [-0.15, -0.1) is 0 Å². The number of hydrogen-bond acceptors (Lipinski definition) is 5. The van der Waals surface area contributed by atoms with Crippen molar-refractivity contribution in [1.29, 1.82) is 0 Å². The monoisotopic (exact) mass is 389 g/mol. The van der Waals surface area contributed by atoms with E-state index in [4.69, 9.17) is 16.0 Å². The van der Waals surface area contributed by atoms with Crippen LogP contribution in [0.15, 0.2) is 52.8 Å². The van der Waals surface area contributed by atoms with Gasteiger partial charge >= 0.3 is 0 Å². The zero-order chi connectivity index (χ0) is 20.0. The molecule has 2 rings (SSSR count). The first-order valence-electron chi connectivity index (χ1n) is 8.11. The summed E-state index contributed by atoms with van der Waals surface area (Å²) in [5.74, 6) is -3.24. The Labute approximate surface area is 161 Å². The van der Waals surface area contributed by atoms with Gasteiger partial charge in [-0.05, 0) is 41.8 Å². The van der Waals surface area contributed by atoms with Crippen LogP contribution >= 0.6 is 11.6 Å². The van der Waals surface area contributed by atoms with Gasteiger partial charge in [0.05, 0.1) is 18.3 Å². The molecule has 1 aromatic heterocycles. The van der Waals surface area contributed by atoms with Crippen molar-refractivity contribution in [3.05, 3.63) is 64.7 Å². The molecule has 0 unspecified atom stereocenters. The van der Waals surface area contributed by atoms with Crippen LogP contribution in [-0.4, -0.2) is 23.8 Å². The van der Waals surface area contributed by atoms with Gasteiger partial charge in [-0.1, -0.05) is 37.6 Å². The van der Waals surface area contributed by atoms with Crippen molar-refractivity contribution in [3.8, 4) is 0 Å². The topological polar surface area (TPSA) is 111 Å². The van der Waals surface area contributed by atoms with Crippen LogP contribution in [0.4, 0.5) is 0 Å². The lowest BCUT2D eigenvalue weighted by molar-refractivity contribution is -0.309. The molecule has 2 N–H and O–H groups in total. The molecule has 0 aliphatic heterocycles. The summed E-state index contributed by atoms with van der Waals surface area (Å²) >= 11 is 5.85. The maximum atomic E-state index is 12.6. The minimum absolute atomic E-state index is 0.00474. The number of carboxylic acid groups (broad SMARTS) is 1. The van der Waals surface area contributed by atoms with Crippen molar-refractivity contribution < 1.29 is 23.9 Å². The average Bonchev–Trinajstić information content (AvgIpc) is 3.14. The molecule has 142 valence electrons. The molecule has 0 aliphatic rings. The summed E-state index contributed by atoms with van der Waals surface area (Å²) in [6.07, 6.45) is 2.72. The Morgan fingerprint density at radius 1 is 1.15 bits per heavy atom. The predicted molar refractivity (Wildman–Crippen MR) is 97.4 cm³/mol. The number of rotatable bonds is 7. The predicted octanol–water partition coefficient (Wildman–Crippen LogP) is 1.59. The van der Waals surface area contributed by atoms with Gasteiger partial charge in [0.1, 0.15) is 5.70 Å². The van der Waals surface area contributed by atoms with Gasteiger partial charge in [-0.2, -0.15) is 0 Å². The van der Waals surface area contributed by atoms with Crippen molar-refractivity contribution in [2.45, 2.75) is 19.9 Å². The summed E-state index contributed by atoms with van der Waals surface area (Å²) in [6, 6.07) is 8.28. The van der Waals surface area contributed by atoms with Gasteiger partial charge in [0.25, 0.3) is 11.8 Å². The summed E-state index contributed by atoms with van der Waals surface area (Å²) in [7, 11) is 0. The average molecular weight is 390 g/mol. The number of carboxylic acids is 1. The van der Waals surface area contributed by atoms with E-state index >= 15 is 0 Å². The molecule has 0 bridgehead atoms. The SMILES string of the molecule is CC(C)[C@H](NC(=O)/C(=C\c1ccc(Cl)cc1)NC(=O)c1ccco1)C(=O)[O-]. The second-order valence-corrected chi connectivity index (χ2v) is 6.49. The second kappa shape index (κ2) is 9.05.